The molecule has 1 aliphatic rings. The van der Waals surface area contributed by atoms with Gasteiger partial charge >= 0.3 is 0 Å². The van der Waals surface area contributed by atoms with Gasteiger partial charge in [-0.15, -0.1) is 0 Å². The maximum atomic E-state index is 11.9. The first-order chi connectivity index (χ1) is 7.60. The van der Waals surface area contributed by atoms with Crippen LogP contribution in [0.5, 0.6) is 0 Å². The standard InChI is InChI=1S/C12H21N3O/c1-8(2)10(7-14)12(16)15-11-5-3-4-9(11)6-13/h8-11H,3-5,7,14H2,1-2H3,(H,15,16). The molecule has 1 amide bonds. The van der Waals surface area contributed by atoms with E-state index in [1.54, 1.807) is 0 Å². The van der Waals surface area contributed by atoms with Crippen molar-refractivity contribution in [1.29, 1.82) is 5.26 Å². The molecule has 0 aliphatic heterocycles. The van der Waals surface area contributed by atoms with Gasteiger partial charge in [-0.1, -0.05) is 13.8 Å². The van der Waals surface area contributed by atoms with Crippen molar-refractivity contribution in [3.05, 3.63) is 0 Å². The average Bonchev–Trinajstić information content (AvgIpc) is 2.65. The van der Waals surface area contributed by atoms with Gasteiger partial charge in [-0.05, 0) is 25.2 Å². The highest BCUT2D eigenvalue weighted by atomic mass is 16.2. The molecule has 90 valence electrons. The summed E-state index contributed by atoms with van der Waals surface area (Å²) in [6, 6.07) is 2.29. The van der Waals surface area contributed by atoms with Gasteiger partial charge in [0.1, 0.15) is 0 Å². The number of carbonyl (C=O) groups excluding carboxylic acids is 1. The molecule has 16 heavy (non-hydrogen) atoms. The lowest BCUT2D eigenvalue weighted by Crippen LogP contribution is -2.44. The summed E-state index contributed by atoms with van der Waals surface area (Å²) < 4.78 is 0. The smallest absolute Gasteiger partial charge is 0.224 e. The second kappa shape index (κ2) is 5.86. The minimum Gasteiger partial charge on any atom is -0.352 e. The Bertz CT molecular complexity index is 282. The summed E-state index contributed by atoms with van der Waals surface area (Å²) in [6.45, 7) is 4.36. The van der Waals surface area contributed by atoms with Crippen LogP contribution >= 0.6 is 0 Å². The molecule has 0 aromatic carbocycles. The minimum absolute atomic E-state index is 0.00431. The molecule has 0 spiro atoms. The lowest BCUT2D eigenvalue weighted by molar-refractivity contribution is -0.126. The topological polar surface area (TPSA) is 78.9 Å². The molecule has 0 aromatic heterocycles. The van der Waals surface area contributed by atoms with E-state index < -0.39 is 0 Å². The molecule has 3 atom stereocenters. The van der Waals surface area contributed by atoms with Crippen molar-refractivity contribution < 1.29 is 4.79 Å². The van der Waals surface area contributed by atoms with Crippen LogP contribution in [0.1, 0.15) is 33.1 Å². The summed E-state index contributed by atoms with van der Waals surface area (Å²) in [5, 5.41) is 11.9. The third-order valence-electron chi connectivity index (χ3n) is 3.40. The zero-order valence-corrected chi connectivity index (χ0v) is 10.1. The average molecular weight is 223 g/mol. The van der Waals surface area contributed by atoms with Gasteiger partial charge in [0, 0.05) is 12.6 Å². The van der Waals surface area contributed by atoms with Crippen LogP contribution in [0, 0.1) is 29.1 Å². The first-order valence-electron chi connectivity index (χ1n) is 6.00. The van der Waals surface area contributed by atoms with Crippen molar-refractivity contribution in [2.24, 2.45) is 23.5 Å². The molecule has 1 saturated carbocycles. The van der Waals surface area contributed by atoms with Gasteiger partial charge in [0.15, 0.2) is 0 Å². The van der Waals surface area contributed by atoms with Gasteiger partial charge in [0.25, 0.3) is 0 Å². The molecule has 4 heteroatoms. The number of hydrogen-bond donors (Lipinski definition) is 2. The predicted molar refractivity (Wildman–Crippen MR) is 62.3 cm³/mol. The monoisotopic (exact) mass is 223 g/mol. The van der Waals surface area contributed by atoms with Gasteiger partial charge in [-0.3, -0.25) is 4.79 Å². The highest BCUT2D eigenvalue weighted by Crippen LogP contribution is 2.25. The number of carbonyl (C=O) groups is 1. The van der Waals surface area contributed by atoms with Crippen LogP contribution in [-0.2, 0) is 4.79 Å². The fourth-order valence-corrected chi connectivity index (χ4v) is 2.26. The second-order valence-electron chi connectivity index (χ2n) is 4.87. The van der Waals surface area contributed by atoms with Gasteiger partial charge in [-0.2, -0.15) is 5.26 Å². The van der Waals surface area contributed by atoms with Crippen molar-refractivity contribution in [1.82, 2.24) is 5.32 Å². The Morgan fingerprint density at radius 2 is 2.25 bits per heavy atom. The summed E-state index contributed by atoms with van der Waals surface area (Å²) in [5.41, 5.74) is 5.59. The van der Waals surface area contributed by atoms with Crippen molar-refractivity contribution in [3.63, 3.8) is 0 Å². The molecule has 0 radical (unpaired) electrons. The van der Waals surface area contributed by atoms with E-state index in [0.29, 0.717) is 6.54 Å². The van der Waals surface area contributed by atoms with Crippen LogP contribution in [0.4, 0.5) is 0 Å². The van der Waals surface area contributed by atoms with E-state index in [1.807, 2.05) is 13.8 Å². The lowest BCUT2D eigenvalue weighted by atomic mass is 9.94. The fourth-order valence-electron chi connectivity index (χ4n) is 2.26. The number of rotatable bonds is 4. The molecule has 0 bridgehead atoms. The van der Waals surface area contributed by atoms with Crippen LogP contribution in [0.15, 0.2) is 0 Å². The molecular formula is C12H21N3O. The number of nitrogens with two attached hydrogens (primary N) is 1. The molecule has 1 aliphatic carbocycles. The molecule has 3 unspecified atom stereocenters. The number of nitriles is 1. The number of hydrogen-bond acceptors (Lipinski definition) is 3. The van der Waals surface area contributed by atoms with Gasteiger partial charge in [-0.25, -0.2) is 0 Å². The minimum atomic E-state index is -0.139. The Balaban J connectivity index is 2.53. The Kier molecular flexibility index (Phi) is 4.75. The number of nitrogens with one attached hydrogen (secondary N) is 1. The first-order valence-corrected chi connectivity index (χ1v) is 6.00. The SMILES string of the molecule is CC(C)C(CN)C(=O)NC1CCCC1C#N. The summed E-state index contributed by atoms with van der Waals surface area (Å²) in [4.78, 5) is 11.9. The first kappa shape index (κ1) is 13.0. The lowest BCUT2D eigenvalue weighted by Gasteiger charge is -2.22. The Morgan fingerprint density at radius 3 is 2.75 bits per heavy atom. The number of nitrogens with zero attached hydrogens (tertiary/aromatic N) is 1. The highest BCUT2D eigenvalue weighted by Gasteiger charge is 2.30. The third-order valence-corrected chi connectivity index (χ3v) is 3.40. The fraction of sp³-hybridized carbons (Fsp3) is 0.833. The van der Waals surface area contributed by atoms with Crippen LogP contribution in [-0.4, -0.2) is 18.5 Å². The van der Waals surface area contributed by atoms with Gasteiger partial charge in [0.2, 0.25) is 5.91 Å². The summed E-state index contributed by atoms with van der Waals surface area (Å²) in [5.74, 6) is 0.0890. The van der Waals surface area contributed by atoms with E-state index in [2.05, 4.69) is 11.4 Å². The molecule has 1 rings (SSSR count). The molecular weight excluding hydrogens is 202 g/mol. The zero-order chi connectivity index (χ0) is 12.1. The van der Waals surface area contributed by atoms with Gasteiger partial charge < -0.3 is 11.1 Å². The normalized spacial score (nSPS) is 26.4. The van der Waals surface area contributed by atoms with Crippen molar-refractivity contribution in [2.75, 3.05) is 6.54 Å². The van der Waals surface area contributed by atoms with E-state index in [0.717, 1.165) is 19.3 Å². The maximum Gasteiger partial charge on any atom is 0.224 e. The van der Waals surface area contributed by atoms with E-state index in [-0.39, 0.29) is 29.7 Å². The molecule has 0 heterocycles. The maximum absolute atomic E-state index is 11.9. The Morgan fingerprint density at radius 1 is 1.56 bits per heavy atom. The van der Waals surface area contributed by atoms with Gasteiger partial charge in [0.05, 0.1) is 17.9 Å². The van der Waals surface area contributed by atoms with Crippen LogP contribution < -0.4 is 11.1 Å². The Labute approximate surface area is 97.2 Å². The quantitative estimate of drug-likeness (QED) is 0.747. The van der Waals surface area contributed by atoms with Crippen molar-refractivity contribution >= 4 is 5.91 Å². The number of amides is 1. The van der Waals surface area contributed by atoms with Crippen molar-refractivity contribution in [3.8, 4) is 6.07 Å². The molecule has 0 aromatic rings. The third kappa shape index (κ3) is 2.96. The largest absolute Gasteiger partial charge is 0.352 e. The zero-order valence-electron chi connectivity index (χ0n) is 10.1. The molecule has 3 N–H and O–H groups in total. The van der Waals surface area contributed by atoms with E-state index >= 15 is 0 Å². The molecule has 4 nitrogen and oxygen atoms in total. The van der Waals surface area contributed by atoms with Crippen LogP contribution in [0.2, 0.25) is 0 Å². The summed E-state index contributed by atoms with van der Waals surface area (Å²) >= 11 is 0. The second-order valence-corrected chi connectivity index (χ2v) is 4.87. The van der Waals surface area contributed by atoms with Crippen LogP contribution in [0.25, 0.3) is 0 Å². The van der Waals surface area contributed by atoms with Crippen molar-refractivity contribution in [2.45, 2.75) is 39.2 Å². The van der Waals surface area contributed by atoms with E-state index in [1.165, 1.54) is 0 Å². The highest BCUT2D eigenvalue weighted by molar-refractivity contribution is 5.79. The molecule has 1 fully saturated rings. The Hall–Kier alpha value is -1.08. The summed E-state index contributed by atoms with van der Waals surface area (Å²) in [7, 11) is 0. The van der Waals surface area contributed by atoms with Crippen LogP contribution in [0.3, 0.4) is 0 Å². The van der Waals surface area contributed by atoms with E-state index in [4.69, 9.17) is 11.0 Å². The predicted octanol–water partition coefficient (Wildman–Crippen LogP) is 1.03. The molecule has 0 saturated heterocycles. The summed E-state index contributed by atoms with van der Waals surface area (Å²) in [6.07, 6.45) is 2.84. The van der Waals surface area contributed by atoms with E-state index in [9.17, 15) is 4.79 Å².